The van der Waals surface area contributed by atoms with Crippen LogP contribution in [0.2, 0.25) is 0 Å². The number of fused-ring (bicyclic) bond motifs is 1. The van der Waals surface area contributed by atoms with Gasteiger partial charge in [-0.1, -0.05) is 0 Å². The Morgan fingerprint density at radius 3 is 2.46 bits per heavy atom. The second-order valence-electron chi connectivity index (χ2n) is 6.07. The van der Waals surface area contributed by atoms with Crippen molar-refractivity contribution in [3.8, 4) is 11.5 Å². The lowest BCUT2D eigenvalue weighted by atomic mass is 9.91. The second-order valence-corrected chi connectivity index (χ2v) is 6.07. The maximum atomic E-state index is 14.2. The van der Waals surface area contributed by atoms with E-state index in [-0.39, 0.29) is 30.2 Å². The fourth-order valence-corrected chi connectivity index (χ4v) is 3.42. The number of benzene rings is 1. The first kappa shape index (κ1) is 18.0. The highest BCUT2D eigenvalue weighted by molar-refractivity contribution is 6.22. The Labute approximate surface area is 149 Å². The number of hydrogen-bond acceptors (Lipinski definition) is 6. The third-order valence-electron chi connectivity index (χ3n) is 4.77. The van der Waals surface area contributed by atoms with E-state index in [9.17, 15) is 18.8 Å². The van der Waals surface area contributed by atoms with Gasteiger partial charge in [0, 0.05) is 18.7 Å². The van der Waals surface area contributed by atoms with Crippen LogP contribution in [0.5, 0.6) is 11.5 Å². The van der Waals surface area contributed by atoms with Crippen molar-refractivity contribution in [2.24, 2.45) is 5.92 Å². The fraction of sp³-hybridized carbons (Fsp3) is 0.471. The van der Waals surface area contributed by atoms with Crippen molar-refractivity contribution >= 4 is 23.6 Å². The van der Waals surface area contributed by atoms with E-state index in [2.05, 4.69) is 0 Å². The quantitative estimate of drug-likeness (QED) is 0.594. The van der Waals surface area contributed by atoms with Crippen molar-refractivity contribution in [1.29, 1.82) is 0 Å². The van der Waals surface area contributed by atoms with E-state index in [0.717, 1.165) is 11.0 Å². The summed E-state index contributed by atoms with van der Waals surface area (Å²) in [6.07, 6.45) is 0.582. The Kier molecular flexibility index (Phi) is 4.71. The van der Waals surface area contributed by atoms with E-state index in [1.54, 1.807) is 0 Å². The van der Waals surface area contributed by atoms with E-state index in [4.69, 9.17) is 14.2 Å². The third kappa shape index (κ3) is 2.73. The Hall–Kier alpha value is -2.84. The highest BCUT2D eigenvalue weighted by atomic mass is 19.1. The Morgan fingerprint density at radius 1 is 1.15 bits per heavy atom. The molecule has 26 heavy (non-hydrogen) atoms. The van der Waals surface area contributed by atoms with Crippen LogP contribution in [0, 0.1) is 11.7 Å². The van der Waals surface area contributed by atoms with E-state index in [1.165, 1.54) is 32.3 Å². The van der Waals surface area contributed by atoms with Gasteiger partial charge in [0.05, 0.1) is 32.9 Å². The molecule has 0 spiro atoms. The molecule has 0 saturated carbocycles. The van der Waals surface area contributed by atoms with Gasteiger partial charge in [0.1, 0.15) is 11.8 Å². The number of carbonyl (C=O) groups is 3. The number of rotatable bonds is 4. The molecular weight excluding hydrogens is 347 g/mol. The van der Waals surface area contributed by atoms with Crippen LogP contribution in [0.3, 0.4) is 0 Å². The van der Waals surface area contributed by atoms with Crippen LogP contribution in [0.4, 0.5) is 14.9 Å². The molecule has 2 saturated heterocycles. The summed E-state index contributed by atoms with van der Waals surface area (Å²) in [7, 11) is 3.94. The number of ether oxygens (including phenoxy) is 3. The van der Waals surface area contributed by atoms with Crippen LogP contribution in [-0.2, 0) is 14.3 Å². The summed E-state index contributed by atoms with van der Waals surface area (Å²) < 4.78 is 29.0. The number of piperidine rings is 1. The molecule has 2 aliphatic heterocycles. The number of halogens is 1. The molecule has 2 aliphatic rings. The predicted octanol–water partition coefficient (Wildman–Crippen LogP) is 1.56. The molecule has 1 aromatic rings. The van der Waals surface area contributed by atoms with Gasteiger partial charge in [-0.3, -0.25) is 9.59 Å². The molecule has 3 rings (SSSR count). The Morgan fingerprint density at radius 2 is 1.85 bits per heavy atom. The highest BCUT2D eigenvalue weighted by Gasteiger charge is 2.50. The number of methoxy groups -OCH3 is 3. The smallest absolute Gasteiger partial charge is 0.332 e. The molecule has 3 amide bonds. The van der Waals surface area contributed by atoms with Gasteiger partial charge in [0.25, 0.3) is 5.91 Å². The van der Waals surface area contributed by atoms with E-state index >= 15 is 0 Å². The number of carbonyl (C=O) groups excluding carboxylic acids is 3. The summed E-state index contributed by atoms with van der Waals surface area (Å²) in [5, 5.41) is 0. The third-order valence-corrected chi connectivity index (χ3v) is 4.77. The monoisotopic (exact) mass is 366 g/mol. The van der Waals surface area contributed by atoms with Crippen molar-refractivity contribution in [2.75, 3.05) is 32.8 Å². The fourth-order valence-electron chi connectivity index (χ4n) is 3.42. The van der Waals surface area contributed by atoms with E-state index < -0.39 is 35.7 Å². The molecule has 0 aliphatic carbocycles. The number of imide groups is 1. The molecule has 2 fully saturated rings. The van der Waals surface area contributed by atoms with E-state index in [0.29, 0.717) is 6.42 Å². The van der Waals surface area contributed by atoms with Crippen molar-refractivity contribution < 1.29 is 33.0 Å². The molecule has 2 unspecified atom stereocenters. The number of esters is 1. The average Bonchev–Trinajstić information content (AvgIpc) is 2.90. The van der Waals surface area contributed by atoms with Crippen LogP contribution < -0.4 is 14.4 Å². The molecule has 2 heterocycles. The van der Waals surface area contributed by atoms with Gasteiger partial charge in [-0.15, -0.1) is 0 Å². The minimum Gasteiger partial charge on any atom is -0.494 e. The molecule has 8 nitrogen and oxygen atoms in total. The molecule has 0 N–H and O–H groups in total. The molecule has 2 atom stereocenters. The van der Waals surface area contributed by atoms with Crippen molar-refractivity contribution in [1.82, 2.24) is 4.90 Å². The first-order valence-corrected chi connectivity index (χ1v) is 8.06. The molecule has 0 bridgehead atoms. The van der Waals surface area contributed by atoms with Crippen molar-refractivity contribution in [3.63, 3.8) is 0 Å². The van der Waals surface area contributed by atoms with Crippen molar-refractivity contribution in [3.05, 3.63) is 17.9 Å². The first-order valence-electron chi connectivity index (χ1n) is 8.06. The normalized spacial score (nSPS) is 22.3. The lowest BCUT2D eigenvalue weighted by molar-refractivity contribution is -0.147. The maximum Gasteiger partial charge on any atom is 0.332 e. The van der Waals surface area contributed by atoms with Gasteiger partial charge < -0.3 is 19.1 Å². The summed E-state index contributed by atoms with van der Waals surface area (Å²) in [5.41, 5.74) is 0.00446. The van der Waals surface area contributed by atoms with Crippen LogP contribution in [-0.4, -0.2) is 56.7 Å². The Bertz CT molecular complexity index is 768. The molecule has 0 radical (unpaired) electrons. The number of urea groups is 1. The van der Waals surface area contributed by atoms with Crippen LogP contribution >= 0.6 is 0 Å². The van der Waals surface area contributed by atoms with Gasteiger partial charge in [0.2, 0.25) is 0 Å². The maximum absolute atomic E-state index is 14.2. The average molecular weight is 366 g/mol. The van der Waals surface area contributed by atoms with Crippen molar-refractivity contribution in [2.45, 2.75) is 18.9 Å². The summed E-state index contributed by atoms with van der Waals surface area (Å²) in [5.74, 6) is -2.03. The number of anilines is 1. The zero-order valence-electron chi connectivity index (χ0n) is 14.7. The minimum atomic E-state index is -0.782. The number of amides is 3. The minimum absolute atomic E-state index is 0.00446. The van der Waals surface area contributed by atoms with Gasteiger partial charge in [-0.25, -0.2) is 14.1 Å². The molecule has 1 aromatic carbocycles. The zero-order chi connectivity index (χ0) is 19.0. The van der Waals surface area contributed by atoms with Crippen LogP contribution in [0.15, 0.2) is 12.1 Å². The molecule has 9 heteroatoms. The number of nitrogens with zero attached hydrogens (tertiary/aromatic N) is 2. The van der Waals surface area contributed by atoms with Gasteiger partial charge in [-0.05, 0) is 12.8 Å². The van der Waals surface area contributed by atoms with Crippen LogP contribution in [0.1, 0.15) is 12.8 Å². The highest BCUT2D eigenvalue weighted by Crippen LogP contribution is 2.40. The second kappa shape index (κ2) is 6.81. The van der Waals surface area contributed by atoms with Crippen LogP contribution in [0.25, 0.3) is 0 Å². The largest absolute Gasteiger partial charge is 0.494 e. The standard InChI is InChI=1S/C17H19FN2O6/c1-24-13-8-14(25-2)11(7-10(13)18)20-15(21)12-6-9(16(22)26-3)4-5-19(12)17(20)23/h7-9,12H,4-6H2,1-3H3. The molecule has 0 aromatic heterocycles. The first-order chi connectivity index (χ1) is 12.4. The van der Waals surface area contributed by atoms with Gasteiger partial charge in [-0.2, -0.15) is 0 Å². The number of hydrogen-bond donors (Lipinski definition) is 0. The molecule has 140 valence electrons. The summed E-state index contributed by atoms with van der Waals surface area (Å²) in [6, 6.07) is 0.963. The summed E-state index contributed by atoms with van der Waals surface area (Å²) >= 11 is 0. The lowest BCUT2D eigenvalue weighted by Crippen LogP contribution is -2.44. The predicted molar refractivity (Wildman–Crippen MR) is 87.6 cm³/mol. The summed E-state index contributed by atoms with van der Waals surface area (Å²) in [6.45, 7) is 0.243. The SMILES string of the molecule is COC(=O)C1CCN2C(=O)N(c3cc(F)c(OC)cc3OC)C(=O)C2C1. The molecular formula is C17H19FN2O6. The van der Waals surface area contributed by atoms with E-state index in [1.807, 2.05) is 0 Å². The van der Waals surface area contributed by atoms with Gasteiger partial charge in [0.15, 0.2) is 11.6 Å². The Balaban J connectivity index is 1.96. The zero-order valence-corrected chi connectivity index (χ0v) is 14.7. The van der Waals surface area contributed by atoms with Gasteiger partial charge >= 0.3 is 12.0 Å². The topological polar surface area (TPSA) is 85.4 Å². The lowest BCUT2D eigenvalue weighted by Gasteiger charge is -2.30. The summed E-state index contributed by atoms with van der Waals surface area (Å²) in [4.78, 5) is 39.6.